The van der Waals surface area contributed by atoms with Crippen LogP contribution in [0, 0.1) is 0 Å². The van der Waals surface area contributed by atoms with Crippen molar-refractivity contribution in [1.82, 2.24) is 20.1 Å². The standard InChI is InChI=1S/C16H31N5S/c1-4-21(5-2)16-18-14-15(22-16)13-17-7-6-8-20-11-9-19(3)10-12-20/h14,17H,4-13H2,1-3H3. The Morgan fingerprint density at radius 1 is 1.23 bits per heavy atom. The van der Waals surface area contributed by atoms with Crippen LogP contribution in [0.4, 0.5) is 5.13 Å². The van der Waals surface area contributed by atoms with Gasteiger partial charge in [-0.2, -0.15) is 0 Å². The summed E-state index contributed by atoms with van der Waals surface area (Å²) in [6.07, 6.45) is 3.25. The molecule has 0 saturated carbocycles. The molecule has 2 heterocycles. The smallest absolute Gasteiger partial charge is 0.185 e. The van der Waals surface area contributed by atoms with E-state index in [1.54, 1.807) is 0 Å². The zero-order chi connectivity index (χ0) is 15.8. The van der Waals surface area contributed by atoms with Crippen molar-refractivity contribution in [3.8, 4) is 0 Å². The Labute approximate surface area is 139 Å². The quantitative estimate of drug-likeness (QED) is 0.699. The number of anilines is 1. The third-order valence-electron chi connectivity index (χ3n) is 4.30. The number of piperazine rings is 1. The van der Waals surface area contributed by atoms with Crippen LogP contribution in [0.2, 0.25) is 0 Å². The Morgan fingerprint density at radius 3 is 2.64 bits per heavy atom. The molecule has 0 unspecified atom stereocenters. The first-order valence-corrected chi connectivity index (χ1v) is 9.35. The zero-order valence-corrected chi connectivity index (χ0v) is 15.2. The highest BCUT2D eigenvalue weighted by Crippen LogP contribution is 2.21. The molecule has 126 valence electrons. The van der Waals surface area contributed by atoms with Crippen molar-refractivity contribution in [2.45, 2.75) is 26.8 Å². The van der Waals surface area contributed by atoms with Gasteiger partial charge in [-0.05, 0) is 40.4 Å². The van der Waals surface area contributed by atoms with E-state index in [1.165, 1.54) is 44.0 Å². The maximum atomic E-state index is 4.53. The van der Waals surface area contributed by atoms with Crippen LogP contribution in [-0.4, -0.2) is 74.2 Å². The summed E-state index contributed by atoms with van der Waals surface area (Å²) in [5.74, 6) is 0. The van der Waals surface area contributed by atoms with E-state index >= 15 is 0 Å². The van der Waals surface area contributed by atoms with E-state index in [0.717, 1.165) is 31.3 Å². The molecule has 0 bridgehead atoms. The topological polar surface area (TPSA) is 34.6 Å². The maximum Gasteiger partial charge on any atom is 0.185 e. The Bertz CT molecular complexity index is 410. The first-order chi connectivity index (χ1) is 10.7. The van der Waals surface area contributed by atoms with Gasteiger partial charge in [0.2, 0.25) is 0 Å². The minimum absolute atomic E-state index is 0.946. The molecule has 6 heteroatoms. The molecule has 1 aromatic heterocycles. The molecule has 22 heavy (non-hydrogen) atoms. The number of aromatic nitrogens is 1. The van der Waals surface area contributed by atoms with E-state index in [0.29, 0.717) is 0 Å². The van der Waals surface area contributed by atoms with Crippen LogP contribution in [0.5, 0.6) is 0 Å². The number of thiazole rings is 1. The average Bonchev–Trinajstić information content (AvgIpc) is 2.99. The van der Waals surface area contributed by atoms with E-state index in [4.69, 9.17) is 0 Å². The number of nitrogens with zero attached hydrogens (tertiary/aromatic N) is 4. The van der Waals surface area contributed by atoms with Crippen LogP contribution < -0.4 is 10.2 Å². The third-order valence-corrected chi connectivity index (χ3v) is 5.36. The molecule has 1 aliphatic heterocycles. The lowest BCUT2D eigenvalue weighted by atomic mass is 10.3. The molecule has 1 aliphatic rings. The van der Waals surface area contributed by atoms with Crippen molar-refractivity contribution in [2.75, 3.05) is 64.3 Å². The van der Waals surface area contributed by atoms with E-state index in [9.17, 15) is 0 Å². The van der Waals surface area contributed by atoms with Crippen molar-refractivity contribution < 1.29 is 0 Å². The minimum Gasteiger partial charge on any atom is -0.349 e. The van der Waals surface area contributed by atoms with Crippen molar-refractivity contribution in [1.29, 1.82) is 0 Å². The Balaban J connectivity index is 1.59. The van der Waals surface area contributed by atoms with Gasteiger partial charge in [-0.25, -0.2) is 4.98 Å². The van der Waals surface area contributed by atoms with Gasteiger partial charge in [0.05, 0.1) is 0 Å². The second-order valence-electron chi connectivity index (χ2n) is 5.96. The van der Waals surface area contributed by atoms with Crippen LogP contribution >= 0.6 is 11.3 Å². The van der Waals surface area contributed by atoms with Crippen LogP contribution in [0.3, 0.4) is 0 Å². The van der Waals surface area contributed by atoms with Crippen molar-refractivity contribution >= 4 is 16.5 Å². The minimum atomic E-state index is 0.946. The van der Waals surface area contributed by atoms with E-state index < -0.39 is 0 Å². The molecule has 0 atom stereocenters. The normalized spacial score (nSPS) is 17.0. The lowest BCUT2D eigenvalue weighted by Gasteiger charge is -2.32. The molecule has 1 fully saturated rings. The molecule has 1 N–H and O–H groups in total. The summed E-state index contributed by atoms with van der Waals surface area (Å²) < 4.78 is 0. The second kappa shape index (κ2) is 9.45. The summed E-state index contributed by atoms with van der Waals surface area (Å²) in [6, 6.07) is 0. The van der Waals surface area contributed by atoms with Crippen LogP contribution in [0.15, 0.2) is 6.20 Å². The van der Waals surface area contributed by atoms with Crippen molar-refractivity contribution in [3.05, 3.63) is 11.1 Å². The van der Waals surface area contributed by atoms with E-state index in [-0.39, 0.29) is 0 Å². The van der Waals surface area contributed by atoms with E-state index in [1.807, 2.05) is 17.5 Å². The highest BCUT2D eigenvalue weighted by Gasteiger charge is 2.12. The molecule has 2 rings (SSSR count). The largest absolute Gasteiger partial charge is 0.349 e. The monoisotopic (exact) mass is 325 g/mol. The Kier molecular flexibility index (Phi) is 7.59. The maximum absolute atomic E-state index is 4.53. The molecular formula is C16H31N5S. The Morgan fingerprint density at radius 2 is 1.95 bits per heavy atom. The van der Waals surface area contributed by atoms with Gasteiger partial charge in [0.1, 0.15) is 0 Å². The van der Waals surface area contributed by atoms with Gasteiger partial charge in [-0.15, -0.1) is 11.3 Å². The molecular weight excluding hydrogens is 294 g/mol. The van der Waals surface area contributed by atoms with Crippen LogP contribution in [0.1, 0.15) is 25.1 Å². The second-order valence-corrected chi connectivity index (χ2v) is 7.05. The first kappa shape index (κ1) is 17.7. The summed E-state index contributed by atoms with van der Waals surface area (Å²) in [6.45, 7) is 14.5. The lowest BCUT2D eigenvalue weighted by Crippen LogP contribution is -2.45. The highest BCUT2D eigenvalue weighted by molar-refractivity contribution is 7.15. The SMILES string of the molecule is CCN(CC)c1ncc(CNCCCN2CCN(C)CC2)s1. The van der Waals surface area contributed by atoms with Gasteiger partial charge < -0.3 is 20.0 Å². The predicted molar refractivity (Wildman–Crippen MR) is 95.9 cm³/mol. The Hall–Kier alpha value is -0.690. The van der Waals surface area contributed by atoms with Gasteiger partial charge in [-0.1, -0.05) is 0 Å². The number of likely N-dealkylation sites (N-methyl/N-ethyl adjacent to an activating group) is 1. The third kappa shape index (κ3) is 5.50. The summed E-state index contributed by atoms with van der Waals surface area (Å²) in [5, 5.41) is 4.71. The summed E-state index contributed by atoms with van der Waals surface area (Å²) >= 11 is 1.81. The van der Waals surface area contributed by atoms with E-state index in [2.05, 4.69) is 45.9 Å². The van der Waals surface area contributed by atoms with Gasteiger partial charge in [0, 0.05) is 56.9 Å². The molecule has 5 nitrogen and oxygen atoms in total. The lowest BCUT2D eigenvalue weighted by molar-refractivity contribution is 0.153. The molecule has 1 saturated heterocycles. The first-order valence-electron chi connectivity index (χ1n) is 8.54. The number of hydrogen-bond donors (Lipinski definition) is 1. The summed E-state index contributed by atoms with van der Waals surface area (Å²) in [7, 11) is 2.21. The fraction of sp³-hybridized carbons (Fsp3) is 0.812. The molecule has 0 radical (unpaired) electrons. The summed E-state index contributed by atoms with van der Waals surface area (Å²) in [4.78, 5) is 13.2. The van der Waals surface area contributed by atoms with Gasteiger partial charge >= 0.3 is 0 Å². The number of rotatable bonds is 9. The molecule has 0 aliphatic carbocycles. The highest BCUT2D eigenvalue weighted by atomic mass is 32.1. The summed E-state index contributed by atoms with van der Waals surface area (Å²) in [5.41, 5.74) is 0. The van der Waals surface area contributed by atoms with Crippen LogP contribution in [-0.2, 0) is 6.54 Å². The van der Waals surface area contributed by atoms with Gasteiger partial charge in [0.15, 0.2) is 5.13 Å². The zero-order valence-electron chi connectivity index (χ0n) is 14.3. The molecule has 0 spiro atoms. The molecule has 1 aromatic rings. The molecule has 0 aromatic carbocycles. The van der Waals surface area contributed by atoms with Crippen molar-refractivity contribution in [3.63, 3.8) is 0 Å². The fourth-order valence-corrected chi connectivity index (χ4v) is 3.74. The van der Waals surface area contributed by atoms with Crippen molar-refractivity contribution in [2.24, 2.45) is 0 Å². The average molecular weight is 326 g/mol. The van der Waals surface area contributed by atoms with Gasteiger partial charge in [0.25, 0.3) is 0 Å². The molecule has 0 amide bonds. The van der Waals surface area contributed by atoms with Crippen LogP contribution in [0.25, 0.3) is 0 Å². The predicted octanol–water partition coefficient (Wildman–Crippen LogP) is 1.72. The van der Waals surface area contributed by atoms with Gasteiger partial charge in [-0.3, -0.25) is 0 Å². The fourth-order valence-electron chi connectivity index (χ4n) is 2.73. The number of hydrogen-bond acceptors (Lipinski definition) is 6. The number of nitrogens with one attached hydrogen (secondary N) is 1.